The number of aromatic nitrogens is 5. The lowest BCUT2D eigenvalue weighted by molar-refractivity contribution is 0.207. The third-order valence-electron chi connectivity index (χ3n) is 4.28. The second kappa shape index (κ2) is 6.68. The third kappa shape index (κ3) is 3.41. The number of fused-ring (bicyclic) bond motifs is 1. The molecule has 0 aromatic carbocycles. The van der Waals surface area contributed by atoms with Crippen molar-refractivity contribution in [2.75, 3.05) is 6.54 Å². The monoisotopic (exact) mass is 336 g/mol. The Morgan fingerprint density at radius 1 is 1.20 bits per heavy atom. The Morgan fingerprint density at radius 3 is 2.92 bits per heavy atom. The molecule has 0 fully saturated rings. The summed E-state index contributed by atoms with van der Waals surface area (Å²) < 4.78 is 5.40. The summed E-state index contributed by atoms with van der Waals surface area (Å²) in [6, 6.07) is 5.64. The second-order valence-corrected chi connectivity index (χ2v) is 6.54. The fourth-order valence-electron chi connectivity index (χ4n) is 2.90. The van der Waals surface area contributed by atoms with Gasteiger partial charge in [0.25, 0.3) is 0 Å². The lowest BCUT2D eigenvalue weighted by Crippen LogP contribution is -2.31. The van der Waals surface area contributed by atoms with Gasteiger partial charge in [-0.25, -0.2) is 9.97 Å². The number of nitrogens with zero attached hydrogens (tertiary/aromatic N) is 6. The molecule has 0 spiro atoms. The van der Waals surface area contributed by atoms with Gasteiger partial charge in [-0.2, -0.15) is 4.98 Å². The Labute approximate surface area is 146 Å². The van der Waals surface area contributed by atoms with Crippen LogP contribution in [0.15, 0.2) is 35.1 Å². The van der Waals surface area contributed by atoms with Crippen LogP contribution in [0.1, 0.15) is 42.7 Å². The van der Waals surface area contributed by atoms with Crippen LogP contribution in [0.4, 0.5) is 0 Å². The molecule has 7 nitrogen and oxygen atoms in total. The highest BCUT2D eigenvalue weighted by Crippen LogP contribution is 2.21. The number of pyridine rings is 1. The molecule has 1 aliphatic heterocycles. The van der Waals surface area contributed by atoms with Gasteiger partial charge in [0.05, 0.1) is 12.2 Å². The van der Waals surface area contributed by atoms with Crippen LogP contribution in [-0.4, -0.2) is 36.5 Å². The van der Waals surface area contributed by atoms with Crippen molar-refractivity contribution >= 4 is 0 Å². The first kappa shape index (κ1) is 15.8. The SMILES string of the molecule is CC(C)c1ncc2c(n1)CN(Cc1nc(-c3ccccn3)no1)CC2. The maximum absolute atomic E-state index is 5.40. The maximum Gasteiger partial charge on any atom is 0.241 e. The van der Waals surface area contributed by atoms with E-state index in [-0.39, 0.29) is 0 Å². The third-order valence-corrected chi connectivity index (χ3v) is 4.28. The molecule has 3 aromatic heterocycles. The largest absolute Gasteiger partial charge is 0.337 e. The fraction of sp³-hybridized carbons (Fsp3) is 0.389. The van der Waals surface area contributed by atoms with E-state index in [1.54, 1.807) is 6.20 Å². The van der Waals surface area contributed by atoms with Gasteiger partial charge < -0.3 is 4.52 Å². The number of hydrogen-bond donors (Lipinski definition) is 0. The minimum Gasteiger partial charge on any atom is -0.337 e. The van der Waals surface area contributed by atoms with Crippen molar-refractivity contribution in [3.05, 3.63) is 53.6 Å². The molecule has 0 unspecified atom stereocenters. The molecule has 7 heteroatoms. The topological polar surface area (TPSA) is 80.8 Å². The van der Waals surface area contributed by atoms with Crippen molar-refractivity contribution in [2.45, 2.75) is 39.3 Å². The van der Waals surface area contributed by atoms with Crippen molar-refractivity contribution in [1.82, 2.24) is 30.0 Å². The van der Waals surface area contributed by atoms with Crippen LogP contribution in [0.25, 0.3) is 11.5 Å². The zero-order chi connectivity index (χ0) is 17.2. The number of hydrogen-bond acceptors (Lipinski definition) is 7. The highest BCUT2D eigenvalue weighted by molar-refractivity contribution is 5.47. The molecule has 4 heterocycles. The van der Waals surface area contributed by atoms with E-state index in [1.165, 1.54) is 5.56 Å². The summed E-state index contributed by atoms with van der Waals surface area (Å²) in [5.74, 6) is 2.35. The summed E-state index contributed by atoms with van der Waals surface area (Å²) >= 11 is 0. The van der Waals surface area contributed by atoms with Crippen LogP contribution in [0.5, 0.6) is 0 Å². The Hall–Kier alpha value is -2.67. The van der Waals surface area contributed by atoms with Crippen LogP contribution in [0, 0.1) is 0 Å². The fourth-order valence-corrected chi connectivity index (χ4v) is 2.90. The van der Waals surface area contributed by atoms with E-state index >= 15 is 0 Å². The summed E-state index contributed by atoms with van der Waals surface area (Å²) in [6.07, 6.45) is 4.63. The average Bonchev–Trinajstić information content (AvgIpc) is 3.10. The minimum absolute atomic E-state index is 0.331. The van der Waals surface area contributed by atoms with Crippen LogP contribution < -0.4 is 0 Å². The normalized spacial score (nSPS) is 14.7. The molecule has 0 N–H and O–H groups in total. The second-order valence-electron chi connectivity index (χ2n) is 6.54. The van der Waals surface area contributed by atoms with Crippen LogP contribution in [0.3, 0.4) is 0 Å². The highest BCUT2D eigenvalue weighted by atomic mass is 16.5. The Bertz CT molecular complexity index is 861. The maximum atomic E-state index is 5.40. The van der Waals surface area contributed by atoms with Crippen LogP contribution in [-0.2, 0) is 19.5 Å². The summed E-state index contributed by atoms with van der Waals surface area (Å²) in [5, 5.41) is 4.03. The molecule has 4 rings (SSSR count). The van der Waals surface area contributed by atoms with Crippen molar-refractivity contribution in [2.24, 2.45) is 0 Å². The zero-order valence-electron chi connectivity index (χ0n) is 14.4. The zero-order valence-corrected chi connectivity index (χ0v) is 14.4. The van der Waals surface area contributed by atoms with Crippen molar-refractivity contribution in [3.8, 4) is 11.5 Å². The van der Waals surface area contributed by atoms with Gasteiger partial charge in [-0.1, -0.05) is 25.1 Å². The van der Waals surface area contributed by atoms with Crippen molar-refractivity contribution in [1.29, 1.82) is 0 Å². The van der Waals surface area contributed by atoms with Gasteiger partial charge in [-0.05, 0) is 24.1 Å². The van der Waals surface area contributed by atoms with E-state index in [2.05, 4.69) is 38.9 Å². The Morgan fingerprint density at radius 2 is 2.12 bits per heavy atom. The molecule has 3 aromatic rings. The van der Waals surface area contributed by atoms with Gasteiger partial charge in [-0.3, -0.25) is 9.88 Å². The summed E-state index contributed by atoms with van der Waals surface area (Å²) in [4.78, 5) is 20.2. The molecule has 0 saturated heterocycles. The Kier molecular flexibility index (Phi) is 4.23. The molecule has 25 heavy (non-hydrogen) atoms. The van der Waals surface area contributed by atoms with Crippen molar-refractivity contribution < 1.29 is 4.52 Å². The molecule has 0 saturated carbocycles. The summed E-state index contributed by atoms with van der Waals surface area (Å²) in [6.45, 7) is 6.54. The first-order valence-electron chi connectivity index (χ1n) is 8.50. The molecule has 0 aliphatic carbocycles. The standard InChI is InChI=1S/C18H20N6O/c1-12(2)17-20-9-13-6-8-24(10-15(13)21-17)11-16-22-18(23-25-16)14-5-3-4-7-19-14/h3-5,7,9,12H,6,8,10-11H2,1-2H3. The quantitative estimate of drug-likeness (QED) is 0.724. The van der Waals surface area contributed by atoms with E-state index in [0.29, 0.717) is 24.2 Å². The predicted molar refractivity (Wildman–Crippen MR) is 91.5 cm³/mol. The van der Waals surface area contributed by atoms with Gasteiger partial charge in [-0.15, -0.1) is 0 Å². The summed E-state index contributed by atoms with van der Waals surface area (Å²) in [7, 11) is 0. The van der Waals surface area contributed by atoms with Gasteiger partial charge in [0.15, 0.2) is 0 Å². The molecule has 0 radical (unpaired) electrons. The minimum atomic E-state index is 0.331. The molecule has 0 atom stereocenters. The lowest BCUT2D eigenvalue weighted by atomic mass is 10.1. The highest BCUT2D eigenvalue weighted by Gasteiger charge is 2.21. The van der Waals surface area contributed by atoms with E-state index in [4.69, 9.17) is 9.51 Å². The Balaban J connectivity index is 1.48. The van der Waals surface area contributed by atoms with E-state index in [0.717, 1.165) is 36.7 Å². The van der Waals surface area contributed by atoms with Crippen molar-refractivity contribution in [3.63, 3.8) is 0 Å². The van der Waals surface area contributed by atoms with Gasteiger partial charge >= 0.3 is 0 Å². The molecule has 0 bridgehead atoms. The molecular formula is C18H20N6O. The van der Waals surface area contributed by atoms with Gasteiger partial charge in [0.2, 0.25) is 11.7 Å². The first-order chi connectivity index (χ1) is 12.2. The predicted octanol–water partition coefficient (Wildman–Crippen LogP) is 2.60. The van der Waals surface area contributed by atoms with E-state index < -0.39 is 0 Å². The average molecular weight is 336 g/mol. The molecule has 1 aliphatic rings. The number of rotatable bonds is 4. The lowest BCUT2D eigenvalue weighted by Gasteiger charge is -2.26. The molecular weight excluding hydrogens is 316 g/mol. The van der Waals surface area contributed by atoms with Gasteiger partial charge in [0, 0.05) is 31.4 Å². The first-order valence-corrected chi connectivity index (χ1v) is 8.50. The van der Waals surface area contributed by atoms with E-state index in [1.807, 2.05) is 24.4 Å². The molecule has 0 amide bonds. The van der Waals surface area contributed by atoms with Crippen LogP contribution >= 0.6 is 0 Å². The van der Waals surface area contributed by atoms with Gasteiger partial charge in [0.1, 0.15) is 11.5 Å². The smallest absolute Gasteiger partial charge is 0.241 e. The van der Waals surface area contributed by atoms with E-state index in [9.17, 15) is 0 Å². The molecule has 128 valence electrons. The van der Waals surface area contributed by atoms with Crippen LogP contribution in [0.2, 0.25) is 0 Å². The summed E-state index contributed by atoms with van der Waals surface area (Å²) in [5.41, 5.74) is 3.06.